The van der Waals surface area contributed by atoms with E-state index in [9.17, 15) is 13.2 Å². The number of sulfonamides is 1. The van der Waals surface area contributed by atoms with Gasteiger partial charge < -0.3 is 10.1 Å². The average molecular weight is 394 g/mol. The fraction of sp³-hybridized carbons (Fsp3) is 0.125. The molecule has 0 aromatic heterocycles. The van der Waals surface area contributed by atoms with E-state index in [1.807, 2.05) is 18.2 Å². The average Bonchev–Trinajstić information content (AvgIpc) is 2.65. The Balaban J connectivity index is 1.79. The molecule has 4 N–H and O–H groups in total. The number of benzene rings is 2. The maximum absolute atomic E-state index is 12.1. The number of rotatable bonds is 6. The van der Waals surface area contributed by atoms with Crippen molar-refractivity contribution in [3.8, 4) is 5.75 Å². The number of hydrogen-bond acceptors (Lipinski definition) is 5. The molecule has 0 heterocycles. The summed E-state index contributed by atoms with van der Waals surface area (Å²) in [4.78, 5) is 11.8. The molecule has 2 rings (SSSR count). The van der Waals surface area contributed by atoms with Crippen LogP contribution in [0.25, 0.3) is 0 Å². The van der Waals surface area contributed by atoms with Gasteiger partial charge in [-0.1, -0.05) is 18.2 Å². The second kappa shape index (κ2) is 9.13. The number of methoxy groups -OCH3 is 1. The molecule has 0 aliphatic heterocycles. The largest absolute Gasteiger partial charge is 0.497 e. The quantitative estimate of drug-likeness (QED) is 0.427. The van der Waals surface area contributed by atoms with Crippen molar-refractivity contribution < 1.29 is 17.9 Å². The zero-order valence-corrected chi connectivity index (χ0v) is 15.5. The molecule has 0 radical (unpaired) electrons. The first kappa shape index (κ1) is 19.6. The molecule has 1 amide bonds. The summed E-state index contributed by atoms with van der Waals surface area (Å²) in [7, 11) is -2.33. The van der Waals surface area contributed by atoms with Crippen LogP contribution >= 0.6 is 12.2 Å². The Morgan fingerprint density at radius 1 is 1.04 bits per heavy atom. The smallest absolute Gasteiger partial charge is 0.253 e. The van der Waals surface area contributed by atoms with Crippen molar-refractivity contribution >= 4 is 38.9 Å². The number of nitrogens with one attached hydrogen (secondary N) is 4. The summed E-state index contributed by atoms with van der Waals surface area (Å²) < 4.78 is 31.4. The van der Waals surface area contributed by atoms with E-state index in [1.165, 1.54) is 31.4 Å². The number of ether oxygens (including phenoxy) is 1. The number of anilines is 1. The number of hydrogen-bond donors (Lipinski definition) is 4. The maximum Gasteiger partial charge on any atom is 0.253 e. The van der Waals surface area contributed by atoms with Crippen molar-refractivity contribution in [1.82, 2.24) is 15.6 Å². The van der Waals surface area contributed by atoms with Crippen molar-refractivity contribution in [2.75, 3.05) is 19.0 Å². The van der Waals surface area contributed by atoms with Crippen LogP contribution in [-0.4, -0.2) is 33.1 Å². The number of carbonyl (C=O) groups excluding carboxylic acids is 1. The Labute approximate surface area is 157 Å². The summed E-state index contributed by atoms with van der Waals surface area (Å²) in [6.45, 7) is -0.449. The van der Waals surface area contributed by atoms with Gasteiger partial charge in [0.1, 0.15) is 5.75 Å². The SMILES string of the molecule is COc1ccc(S(=O)(=O)NCC(=O)NNC(=S)Nc2ccccc2)cc1. The van der Waals surface area contributed by atoms with Crippen LogP contribution in [0.1, 0.15) is 0 Å². The fourth-order valence-electron chi connectivity index (χ4n) is 1.85. The lowest BCUT2D eigenvalue weighted by molar-refractivity contribution is -0.120. The van der Waals surface area contributed by atoms with Crippen LogP contribution in [0.3, 0.4) is 0 Å². The van der Waals surface area contributed by atoms with Crippen molar-refractivity contribution in [2.45, 2.75) is 4.90 Å². The molecule has 0 spiro atoms. The van der Waals surface area contributed by atoms with Gasteiger partial charge in [-0.2, -0.15) is 0 Å². The number of thiocarbonyl (C=S) groups is 1. The van der Waals surface area contributed by atoms with Crippen LogP contribution in [-0.2, 0) is 14.8 Å². The summed E-state index contributed by atoms with van der Waals surface area (Å²) in [6.07, 6.45) is 0. The molecule has 0 saturated carbocycles. The van der Waals surface area contributed by atoms with Crippen molar-refractivity contribution in [3.63, 3.8) is 0 Å². The van der Waals surface area contributed by atoms with Gasteiger partial charge in [0.2, 0.25) is 10.0 Å². The Kier molecular flexibility index (Phi) is 6.89. The van der Waals surface area contributed by atoms with E-state index < -0.39 is 22.5 Å². The molecule has 2 aromatic rings. The number of amides is 1. The van der Waals surface area contributed by atoms with Gasteiger partial charge in [0.25, 0.3) is 5.91 Å². The van der Waals surface area contributed by atoms with Crippen LogP contribution in [0.2, 0.25) is 0 Å². The maximum atomic E-state index is 12.1. The molecule has 0 aliphatic carbocycles. The number of hydrazine groups is 1. The lowest BCUT2D eigenvalue weighted by atomic mass is 10.3. The first-order valence-corrected chi connectivity index (χ1v) is 9.34. The van der Waals surface area contributed by atoms with E-state index in [0.29, 0.717) is 5.75 Å². The van der Waals surface area contributed by atoms with Crippen LogP contribution < -0.4 is 25.6 Å². The molecule has 0 unspecified atom stereocenters. The van der Waals surface area contributed by atoms with Crippen molar-refractivity contribution in [3.05, 3.63) is 54.6 Å². The third-order valence-electron chi connectivity index (χ3n) is 3.14. The Morgan fingerprint density at radius 3 is 2.31 bits per heavy atom. The molecule has 8 nitrogen and oxygen atoms in total. The highest BCUT2D eigenvalue weighted by Gasteiger charge is 2.15. The van der Waals surface area contributed by atoms with E-state index >= 15 is 0 Å². The second-order valence-corrected chi connectivity index (χ2v) is 7.17. The summed E-state index contributed by atoms with van der Waals surface area (Å²) in [5.41, 5.74) is 5.55. The fourth-order valence-corrected chi connectivity index (χ4v) is 3.00. The predicted octanol–water partition coefficient (Wildman–Crippen LogP) is 0.991. The van der Waals surface area contributed by atoms with Crippen molar-refractivity contribution in [1.29, 1.82) is 0 Å². The number of carbonyl (C=O) groups is 1. The minimum Gasteiger partial charge on any atom is -0.497 e. The zero-order valence-electron chi connectivity index (χ0n) is 13.9. The Morgan fingerprint density at radius 2 is 1.69 bits per heavy atom. The van der Waals surface area contributed by atoms with E-state index in [0.717, 1.165) is 5.69 Å². The van der Waals surface area contributed by atoms with Gasteiger partial charge >= 0.3 is 0 Å². The van der Waals surface area contributed by atoms with Gasteiger partial charge in [0, 0.05) is 5.69 Å². The summed E-state index contributed by atoms with van der Waals surface area (Å²) in [5, 5.41) is 3.03. The third-order valence-corrected chi connectivity index (χ3v) is 4.76. The minimum absolute atomic E-state index is 0.0281. The lowest BCUT2D eigenvalue weighted by Gasteiger charge is -2.12. The molecular formula is C16H18N4O4S2. The van der Waals surface area contributed by atoms with E-state index in [4.69, 9.17) is 17.0 Å². The van der Waals surface area contributed by atoms with Crippen LogP contribution in [0.4, 0.5) is 5.69 Å². The molecule has 138 valence electrons. The summed E-state index contributed by atoms with van der Waals surface area (Å²) >= 11 is 5.02. The molecule has 0 aliphatic rings. The van der Waals surface area contributed by atoms with E-state index in [-0.39, 0.29) is 10.0 Å². The zero-order chi connectivity index (χ0) is 19.0. The monoisotopic (exact) mass is 394 g/mol. The topological polar surface area (TPSA) is 109 Å². The van der Waals surface area contributed by atoms with Crippen LogP contribution in [0.5, 0.6) is 5.75 Å². The molecule has 0 atom stereocenters. The van der Waals surface area contributed by atoms with Gasteiger partial charge in [-0.15, -0.1) is 0 Å². The first-order valence-electron chi connectivity index (χ1n) is 7.45. The highest BCUT2D eigenvalue weighted by atomic mass is 32.2. The number of para-hydroxylation sites is 1. The van der Waals surface area contributed by atoms with Crippen molar-refractivity contribution in [2.24, 2.45) is 0 Å². The van der Waals surface area contributed by atoms with Gasteiger partial charge in [-0.3, -0.25) is 15.6 Å². The van der Waals surface area contributed by atoms with E-state index in [1.54, 1.807) is 12.1 Å². The van der Waals surface area contributed by atoms with Crippen LogP contribution in [0, 0.1) is 0 Å². The molecule has 0 bridgehead atoms. The molecule has 2 aromatic carbocycles. The standard InChI is InChI=1S/C16H18N4O4S2/c1-24-13-7-9-14(10-8-13)26(22,23)17-11-15(21)19-20-16(25)18-12-5-3-2-4-6-12/h2-10,17H,11H2,1H3,(H,19,21)(H2,18,20,25). The molecular weight excluding hydrogens is 376 g/mol. The minimum atomic E-state index is -3.81. The van der Waals surface area contributed by atoms with Gasteiger partial charge in [-0.25, -0.2) is 13.1 Å². The molecule has 26 heavy (non-hydrogen) atoms. The summed E-state index contributed by atoms with van der Waals surface area (Å²) in [6, 6.07) is 14.9. The summed E-state index contributed by atoms with van der Waals surface area (Å²) in [5.74, 6) is -0.0652. The normalized spacial score (nSPS) is 10.7. The van der Waals surface area contributed by atoms with Gasteiger partial charge in [0.05, 0.1) is 18.6 Å². The molecule has 10 heteroatoms. The lowest BCUT2D eigenvalue weighted by Crippen LogP contribution is -2.47. The third kappa shape index (κ3) is 5.99. The first-order chi connectivity index (χ1) is 12.4. The Hall–Kier alpha value is -2.69. The second-order valence-electron chi connectivity index (χ2n) is 4.99. The van der Waals surface area contributed by atoms with Gasteiger partial charge in [-0.05, 0) is 48.6 Å². The molecule has 0 fully saturated rings. The predicted molar refractivity (Wildman–Crippen MR) is 102 cm³/mol. The van der Waals surface area contributed by atoms with Gasteiger partial charge in [0.15, 0.2) is 5.11 Å². The highest BCUT2D eigenvalue weighted by Crippen LogP contribution is 2.14. The van der Waals surface area contributed by atoms with Crippen LogP contribution in [0.15, 0.2) is 59.5 Å². The molecule has 0 saturated heterocycles. The highest BCUT2D eigenvalue weighted by molar-refractivity contribution is 7.89. The Bertz CT molecular complexity index is 856. The van der Waals surface area contributed by atoms with E-state index in [2.05, 4.69) is 20.9 Å².